The van der Waals surface area contributed by atoms with Crippen LogP contribution in [0.2, 0.25) is 5.02 Å². The predicted octanol–water partition coefficient (Wildman–Crippen LogP) is 2.78. The molecule has 1 aliphatic heterocycles. The number of ether oxygens (including phenoxy) is 1. The van der Waals surface area contributed by atoms with Gasteiger partial charge in [-0.15, -0.1) is 0 Å². The van der Waals surface area contributed by atoms with Crippen LogP contribution in [0.3, 0.4) is 0 Å². The molecule has 0 spiro atoms. The number of benzene rings is 1. The van der Waals surface area contributed by atoms with E-state index in [2.05, 4.69) is 5.32 Å². The summed E-state index contributed by atoms with van der Waals surface area (Å²) in [6.45, 7) is 1.92. The average Bonchev–Trinajstić information content (AvgIpc) is 3.04. The summed E-state index contributed by atoms with van der Waals surface area (Å²) >= 11 is 6.08. The van der Waals surface area contributed by atoms with Crippen molar-refractivity contribution in [2.75, 3.05) is 5.32 Å². The molecule has 5 atom stereocenters. The van der Waals surface area contributed by atoms with Crippen LogP contribution in [0.15, 0.2) is 18.2 Å². The molecule has 1 heterocycles. The fraction of sp³-hybridized carbons (Fsp3) is 0.500. The lowest BCUT2D eigenvalue weighted by molar-refractivity contribution is -0.145. The third kappa shape index (κ3) is 1.89. The fourth-order valence-corrected chi connectivity index (χ4v) is 4.44. The summed E-state index contributed by atoms with van der Waals surface area (Å²) < 4.78 is 5.36. The van der Waals surface area contributed by atoms with Crippen LogP contribution >= 0.6 is 11.6 Å². The zero-order chi connectivity index (χ0) is 14.7. The largest absolute Gasteiger partial charge is 0.462 e. The normalized spacial score (nSPS) is 35.9. The van der Waals surface area contributed by atoms with Crippen molar-refractivity contribution in [1.29, 1.82) is 0 Å². The minimum absolute atomic E-state index is 0.0605. The number of aryl methyl sites for hydroxylation is 1. The summed E-state index contributed by atoms with van der Waals surface area (Å²) in [5.41, 5.74) is 1.65. The Bertz CT molecular complexity index is 642. The van der Waals surface area contributed by atoms with Gasteiger partial charge in [-0.2, -0.15) is 0 Å². The monoisotopic (exact) mass is 305 g/mol. The molecule has 4 nitrogen and oxygen atoms in total. The lowest BCUT2D eigenvalue weighted by Gasteiger charge is -2.23. The van der Waals surface area contributed by atoms with E-state index in [0.717, 1.165) is 18.4 Å². The molecular formula is C16H16ClNO3. The summed E-state index contributed by atoms with van der Waals surface area (Å²) in [7, 11) is 0. The Kier molecular flexibility index (Phi) is 2.80. The molecule has 2 aliphatic carbocycles. The van der Waals surface area contributed by atoms with E-state index >= 15 is 0 Å². The van der Waals surface area contributed by atoms with Crippen molar-refractivity contribution in [3.8, 4) is 0 Å². The summed E-state index contributed by atoms with van der Waals surface area (Å²) in [5.74, 6) is -0.231. The van der Waals surface area contributed by atoms with Gasteiger partial charge in [0.25, 0.3) is 0 Å². The van der Waals surface area contributed by atoms with E-state index in [1.165, 1.54) is 0 Å². The zero-order valence-corrected chi connectivity index (χ0v) is 12.4. The van der Waals surface area contributed by atoms with Crippen LogP contribution in [0.25, 0.3) is 0 Å². The van der Waals surface area contributed by atoms with Gasteiger partial charge >= 0.3 is 5.97 Å². The predicted molar refractivity (Wildman–Crippen MR) is 77.9 cm³/mol. The number of amides is 1. The quantitative estimate of drug-likeness (QED) is 0.855. The molecule has 0 radical (unpaired) electrons. The standard InChI is InChI=1S/C16H16ClNO3/c1-7-2-3-9(6-11(7)17)18-15(19)13-8-4-10-12(5-8)21-16(20)14(10)13/h2-3,6,8,10,12-14H,4-5H2,1H3,(H,18,19)/t8-,10-,12-,13+,14+/m1/s1. The van der Waals surface area contributed by atoms with Crippen LogP contribution in [0.4, 0.5) is 5.69 Å². The second-order valence-electron chi connectivity index (χ2n) is 6.38. The Hall–Kier alpha value is -1.55. The average molecular weight is 306 g/mol. The van der Waals surface area contributed by atoms with Crippen LogP contribution in [0.5, 0.6) is 0 Å². The van der Waals surface area contributed by atoms with Crippen molar-refractivity contribution in [2.45, 2.75) is 25.9 Å². The van der Waals surface area contributed by atoms with E-state index < -0.39 is 0 Å². The molecule has 1 aromatic rings. The highest BCUT2D eigenvalue weighted by molar-refractivity contribution is 6.31. The molecule has 2 bridgehead atoms. The van der Waals surface area contributed by atoms with Crippen molar-refractivity contribution in [2.24, 2.45) is 23.7 Å². The third-order valence-electron chi connectivity index (χ3n) is 5.23. The number of carbonyl (C=O) groups is 2. The van der Waals surface area contributed by atoms with Crippen LogP contribution < -0.4 is 5.32 Å². The molecule has 0 aromatic heterocycles. The molecule has 1 amide bonds. The minimum atomic E-state index is -0.249. The Morgan fingerprint density at radius 1 is 1.38 bits per heavy atom. The Morgan fingerprint density at radius 2 is 2.19 bits per heavy atom. The maximum atomic E-state index is 12.6. The summed E-state index contributed by atoms with van der Waals surface area (Å²) in [6, 6.07) is 5.46. The van der Waals surface area contributed by atoms with Gasteiger partial charge in [-0.1, -0.05) is 17.7 Å². The summed E-state index contributed by atoms with van der Waals surface area (Å²) in [6.07, 6.45) is 1.83. The third-order valence-corrected chi connectivity index (χ3v) is 5.63. The molecule has 4 rings (SSSR count). The Morgan fingerprint density at radius 3 is 2.95 bits per heavy atom. The van der Waals surface area contributed by atoms with Crippen LogP contribution in [-0.4, -0.2) is 18.0 Å². The number of nitrogens with one attached hydrogen (secondary N) is 1. The SMILES string of the molecule is Cc1ccc(NC(=O)[C@H]2[C@@H]3C[C@H]4[C@@H]2C(=O)O[C@@H]4C3)cc1Cl. The highest BCUT2D eigenvalue weighted by atomic mass is 35.5. The molecular weight excluding hydrogens is 290 g/mol. The number of carbonyl (C=O) groups excluding carboxylic acids is 2. The van der Waals surface area contributed by atoms with Crippen molar-refractivity contribution in [3.63, 3.8) is 0 Å². The van der Waals surface area contributed by atoms with E-state index in [-0.39, 0.29) is 41.7 Å². The van der Waals surface area contributed by atoms with Crippen LogP contribution in [-0.2, 0) is 14.3 Å². The number of fused-ring (bicyclic) bond motifs is 1. The summed E-state index contributed by atoms with van der Waals surface area (Å²) in [5, 5.41) is 3.53. The second-order valence-corrected chi connectivity index (χ2v) is 6.78. The molecule has 1 N–H and O–H groups in total. The van der Waals surface area contributed by atoms with Gasteiger partial charge in [0, 0.05) is 16.6 Å². The molecule has 110 valence electrons. The van der Waals surface area contributed by atoms with Crippen molar-refractivity contribution >= 4 is 29.2 Å². The van der Waals surface area contributed by atoms with E-state index in [9.17, 15) is 9.59 Å². The first-order valence-corrected chi connectivity index (χ1v) is 7.70. The summed E-state index contributed by atoms with van der Waals surface area (Å²) in [4.78, 5) is 24.5. The van der Waals surface area contributed by atoms with Gasteiger partial charge in [0.1, 0.15) is 6.10 Å². The van der Waals surface area contributed by atoms with E-state index in [4.69, 9.17) is 16.3 Å². The van der Waals surface area contributed by atoms with E-state index in [1.807, 2.05) is 19.1 Å². The van der Waals surface area contributed by atoms with Gasteiger partial charge in [-0.05, 0) is 43.4 Å². The highest BCUT2D eigenvalue weighted by Crippen LogP contribution is 2.57. The first kappa shape index (κ1) is 13.1. The van der Waals surface area contributed by atoms with Gasteiger partial charge < -0.3 is 10.1 Å². The van der Waals surface area contributed by atoms with Gasteiger partial charge in [0.2, 0.25) is 5.91 Å². The number of hydrogen-bond acceptors (Lipinski definition) is 3. The lowest BCUT2D eigenvalue weighted by atomic mass is 9.79. The zero-order valence-electron chi connectivity index (χ0n) is 11.6. The van der Waals surface area contributed by atoms with E-state index in [1.54, 1.807) is 6.07 Å². The van der Waals surface area contributed by atoms with Crippen molar-refractivity contribution < 1.29 is 14.3 Å². The van der Waals surface area contributed by atoms with Gasteiger partial charge in [-0.3, -0.25) is 9.59 Å². The minimum Gasteiger partial charge on any atom is -0.462 e. The maximum Gasteiger partial charge on any atom is 0.310 e. The molecule has 0 unspecified atom stereocenters. The van der Waals surface area contributed by atoms with Crippen LogP contribution in [0, 0.1) is 30.6 Å². The smallest absolute Gasteiger partial charge is 0.310 e. The number of halogens is 1. The maximum absolute atomic E-state index is 12.6. The van der Waals surface area contributed by atoms with Crippen LogP contribution in [0.1, 0.15) is 18.4 Å². The molecule has 3 aliphatic rings. The first-order chi connectivity index (χ1) is 10.0. The molecule has 1 aromatic carbocycles. The highest BCUT2D eigenvalue weighted by Gasteiger charge is 2.63. The molecule has 21 heavy (non-hydrogen) atoms. The van der Waals surface area contributed by atoms with Gasteiger partial charge in [-0.25, -0.2) is 0 Å². The second kappa shape index (κ2) is 4.47. The number of esters is 1. The van der Waals surface area contributed by atoms with Gasteiger partial charge in [0.15, 0.2) is 0 Å². The Labute approximate surface area is 127 Å². The molecule has 3 fully saturated rings. The lowest BCUT2D eigenvalue weighted by Crippen LogP contribution is -2.35. The molecule has 2 saturated carbocycles. The number of anilines is 1. The van der Waals surface area contributed by atoms with Crippen molar-refractivity contribution in [1.82, 2.24) is 0 Å². The van der Waals surface area contributed by atoms with Gasteiger partial charge in [0.05, 0.1) is 11.8 Å². The fourth-order valence-electron chi connectivity index (χ4n) is 4.26. The van der Waals surface area contributed by atoms with Crippen molar-refractivity contribution in [3.05, 3.63) is 28.8 Å². The first-order valence-electron chi connectivity index (χ1n) is 7.32. The Balaban J connectivity index is 1.55. The molecule has 1 saturated heterocycles. The topological polar surface area (TPSA) is 55.4 Å². The number of hydrogen-bond donors (Lipinski definition) is 1. The molecule has 5 heteroatoms. The number of rotatable bonds is 2. The van der Waals surface area contributed by atoms with E-state index in [0.29, 0.717) is 10.7 Å².